The summed E-state index contributed by atoms with van der Waals surface area (Å²) in [6.45, 7) is 0. The van der Waals surface area contributed by atoms with Crippen LogP contribution in [0.1, 0.15) is 33.9 Å². The molecule has 2 aromatic carbocycles. The Bertz CT molecular complexity index is 1390. The van der Waals surface area contributed by atoms with Gasteiger partial charge in [0.2, 0.25) is 0 Å². The highest BCUT2D eigenvalue weighted by atomic mass is 35.5. The van der Waals surface area contributed by atoms with Crippen LogP contribution in [-0.4, -0.2) is 26.3 Å². The maximum absolute atomic E-state index is 11.4. The number of carboxylic acid groups (broad SMARTS) is 1. The topological polar surface area (TPSA) is 98.8 Å². The average Bonchev–Trinajstić information content (AvgIpc) is 3.46. The number of halogens is 1. The summed E-state index contributed by atoms with van der Waals surface area (Å²) in [4.78, 5) is 17.6. The monoisotopic (exact) mass is 491 g/mol. The Morgan fingerprint density at radius 1 is 1.09 bits per heavy atom. The number of pyridine rings is 1. The molecule has 2 aromatic heterocycles. The maximum atomic E-state index is 11.4. The molecular weight excluding hydrogens is 474 g/mol. The van der Waals surface area contributed by atoms with Gasteiger partial charge in [-0.1, -0.05) is 29.8 Å². The summed E-state index contributed by atoms with van der Waals surface area (Å²) >= 11 is 11.9. The molecule has 0 amide bonds. The van der Waals surface area contributed by atoms with Crippen LogP contribution in [0.4, 0.5) is 5.69 Å². The number of phenolic OH excluding ortho intramolecular Hbond substituents is 1. The van der Waals surface area contributed by atoms with Crippen LogP contribution < -0.4 is 10.2 Å². The zero-order valence-electron chi connectivity index (χ0n) is 17.6. The summed E-state index contributed by atoms with van der Waals surface area (Å²) in [7, 11) is 0. The highest BCUT2D eigenvalue weighted by Crippen LogP contribution is 2.45. The molecule has 9 heteroatoms. The number of phenols is 1. The molecule has 0 spiro atoms. The molecule has 0 radical (unpaired) electrons. The number of aromatic hydroxyl groups is 1. The lowest BCUT2D eigenvalue weighted by Crippen LogP contribution is -2.29. The number of thiocarbonyl (C=S) groups is 1. The number of nitrogens with one attached hydrogen (secondary N) is 1. The Balaban J connectivity index is 1.62. The van der Waals surface area contributed by atoms with Crippen molar-refractivity contribution in [3.63, 3.8) is 0 Å². The zero-order valence-corrected chi connectivity index (χ0v) is 19.1. The number of nitrogens with zero attached hydrogens (tertiary/aromatic N) is 2. The van der Waals surface area contributed by atoms with E-state index in [0.717, 1.165) is 5.69 Å². The minimum Gasteiger partial charge on any atom is -0.506 e. The predicted octanol–water partition coefficient (Wildman–Crippen LogP) is 5.58. The number of aromatic nitrogens is 1. The van der Waals surface area contributed by atoms with Crippen molar-refractivity contribution < 1.29 is 19.4 Å². The van der Waals surface area contributed by atoms with Gasteiger partial charge in [0, 0.05) is 16.8 Å². The molecule has 0 bridgehead atoms. The van der Waals surface area contributed by atoms with Gasteiger partial charge in [-0.05, 0) is 66.8 Å². The van der Waals surface area contributed by atoms with Crippen LogP contribution in [0, 0.1) is 0 Å². The van der Waals surface area contributed by atoms with Crippen LogP contribution in [0.5, 0.6) is 5.75 Å². The van der Waals surface area contributed by atoms with Crippen molar-refractivity contribution in [2.75, 3.05) is 4.90 Å². The minimum atomic E-state index is -1.02. The first-order valence-electron chi connectivity index (χ1n) is 10.3. The van der Waals surface area contributed by atoms with Gasteiger partial charge in [0.25, 0.3) is 0 Å². The van der Waals surface area contributed by atoms with Crippen LogP contribution in [-0.2, 0) is 0 Å². The Labute approximate surface area is 205 Å². The molecular formula is C25H18ClN3O4S. The van der Waals surface area contributed by atoms with Crippen molar-refractivity contribution in [1.29, 1.82) is 0 Å². The van der Waals surface area contributed by atoms with E-state index < -0.39 is 12.0 Å². The molecule has 170 valence electrons. The van der Waals surface area contributed by atoms with Crippen LogP contribution >= 0.6 is 23.8 Å². The van der Waals surface area contributed by atoms with Crippen LogP contribution in [0.2, 0.25) is 5.02 Å². The second kappa shape index (κ2) is 8.81. The predicted molar refractivity (Wildman–Crippen MR) is 132 cm³/mol. The van der Waals surface area contributed by atoms with Gasteiger partial charge in [0.15, 0.2) is 5.11 Å². The SMILES string of the molecule is O=C(O)c1cccc(-c2ccc([C@H]3[C@H](c4ccccn4)NC(=S)N3c3cc(Cl)ccc3O)o2)c1. The maximum Gasteiger partial charge on any atom is 0.335 e. The molecule has 1 aliphatic heterocycles. The smallest absolute Gasteiger partial charge is 0.335 e. The summed E-state index contributed by atoms with van der Waals surface area (Å²) < 4.78 is 6.23. The highest BCUT2D eigenvalue weighted by molar-refractivity contribution is 7.80. The lowest BCUT2D eigenvalue weighted by atomic mass is 10.0. The number of benzene rings is 2. The van der Waals surface area contributed by atoms with Crippen LogP contribution in [0.3, 0.4) is 0 Å². The van der Waals surface area contributed by atoms with Crippen molar-refractivity contribution in [2.45, 2.75) is 12.1 Å². The van der Waals surface area contributed by atoms with Gasteiger partial charge >= 0.3 is 5.97 Å². The Morgan fingerprint density at radius 2 is 1.94 bits per heavy atom. The van der Waals surface area contributed by atoms with E-state index in [2.05, 4.69) is 10.3 Å². The van der Waals surface area contributed by atoms with E-state index >= 15 is 0 Å². The zero-order chi connectivity index (χ0) is 23.8. The minimum absolute atomic E-state index is 0.0150. The Morgan fingerprint density at radius 3 is 2.71 bits per heavy atom. The Kier molecular flexibility index (Phi) is 5.69. The fourth-order valence-electron chi connectivity index (χ4n) is 4.07. The van der Waals surface area contributed by atoms with Crippen molar-refractivity contribution in [2.24, 2.45) is 0 Å². The molecule has 3 N–H and O–H groups in total. The molecule has 0 aliphatic carbocycles. The number of hydrogen-bond donors (Lipinski definition) is 3. The van der Waals surface area contributed by atoms with E-state index in [1.165, 1.54) is 12.1 Å². The highest BCUT2D eigenvalue weighted by Gasteiger charge is 2.43. The van der Waals surface area contributed by atoms with Crippen LogP contribution in [0.25, 0.3) is 11.3 Å². The van der Waals surface area contributed by atoms with E-state index in [1.807, 2.05) is 24.3 Å². The molecule has 1 saturated heterocycles. The van der Waals surface area contributed by atoms with Gasteiger partial charge in [0.1, 0.15) is 23.3 Å². The largest absolute Gasteiger partial charge is 0.506 e. The number of anilines is 1. The summed E-state index contributed by atoms with van der Waals surface area (Å²) in [6, 6.07) is 19.6. The second-order valence-electron chi connectivity index (χ2n) is 7.72. The van der Waals surface area contributed by atoms with Crippen molar-refractivity contribution in [1.82, 2.24) is 10.3 Å². The first-order valence-corrected chi connectivity index (χ1v) is 11.1. The summed E-state index contributed by atoms with van der Waals surface area (Å²) in [5.74, 6) is 0.0574. The molecule has 5 rings (SSSR count). The first-order chi connectivity index (χ1) is 16.4. The van der Waals surface area contributed by atoms with Gasteiger partial charge in [-0.25, -0.2) is 4.79 Å². The molecule has 0 saturated carbocycles. The number of carboxylic acids is 1. The molecule has 1 fully saturated rings. The number of carbonyl (C=O) groups is 1. The lowest BCUT2D eigenvalue weighted by Gasteiger charge is -2.26. The number of furan rings is 1. The number of aromatic carboxylic acids is 1. The normalized spacial score (nSPS) is 17.6. The fraction of sp³-hybridized carbons (Fsp3) is 0.0800. The summed E-state index contributed by atoms with van der Waals surface area (Å²) in [6.07, 6.45) is 1.70. The van der Waals surface area contributed by atoms with Gasteiger partial charge < -0.3 is 24.8 Å². The molecule has 34 heavy (non-hydrogen) atoms. The molecule has 3 heterocycles. The summed E-state index contributed by atoms with van der Waals surface area (Å²) in [5.41, 5.74) is 1.96. The number of hydrogen-bond acceptors (Lipinski definition) is 5. The van der Waals surface area contributed by atoms with E-state index in [1.54, 1.807) is 47.5 Å². The van der Waals surface area contributed by atoms with E-state index in [9.17, 15) is 15.0 Å². The first kappa shape index (κ1) is 21.9. The third-order valence-electron chi connectivity index (χ3n) is 5.61. The second-order valence-corrected chi connectivity index (χ2v) is 8.54. The third-order valence-corrected chi connectivity index (χ3v) is 6.16. The van der Waals surface area contributed by atoms with Crippen LogP contribution in [0.15, 0.2) is 83.4 Å². The quantitative estimate of drug-likeness (QED) is 0.311. The van der Waals surface area contributed by atoms with E-state index in [0.29, 0.717) is 32.9 Å². The lowest BCUT2D eigenvalue weighted by molar-refractivity contribution is 0.0697. The molecule has 0 unspecified atom stereocenters. The fourth-order valence-corrected chi connectivity index (χ4v) is 4.57. The van der Waals surface area contributed by atoms with Gasteiger partial charge in [-0.3, -0.25) is 4.98 Å². The van der Waals surface area contributed by atoms with Crippen molar-refractivity contribution in [3.05, 3.63) is 101 Å². The number of rotatable bonds is 5. The van der Waals surface area contributed by atoms with Crippen molar-refractivity contribution in [3.8, 4) is 17.1 Å². The third kappa shape index (κ3) is 3.98. The standard InChI is InChI=1S/C25H18ClN3O4S/c26-16-7-8-19(30)18(13-16)29-23(22(28-25(29)34)17-6-1-2-11-27-17)21-10-9-20(33-21)14-4-3-5-15(12-14)24(31)32/h1-13,22-23,30H,(H,28,34)(H,31,32)/t22-,23-/m0/s1. The van der Waals surface area contributed by atoms with Gasteiger partial charge in [-0.15, -0.1) is 0 Å². The average molecular weight is 492 g/mol. The van der Waals surface area contributed by atoms with E-state index in [4.69, 9.17) is 28.2 Å². The Hall–Kier alpha value is -3.88. The molecule has 1 aliphatic rings. The van der Waals surface area contributed by atoms with E-state index in [-0.39, 0.29) is 17.4 Å². The van der Waals surface area contributed by atoms with Gasteiger partial charge in [-0.2, -0.15) is 0 Å². The van der Waals surface area contributed by atoms with Crippen molar-refractivity contribution >= 4 is 40.6 Å². The molecule has 2 atom stereocenters. The molecule has 4 aromatic rings. The molecule has 7 nitrogen and oxygen atoms in total. The van der Waals surface area contributed by atoms with Gasteiger partial charge in [0.05, 0.1) is 23.0 Å². The summed E-state index contributed by atoms with van der Waals surface area (Å²) in [5, 5.41) is 24.1.